The Balaban J connectivity index is 1.02. The molecule has 0 bridgehead atoms. The molecule has 3 heterocycles. The Morgan fingerprint density at radius 3 is 2.73 bits per heavy atom. The molecule has 2 saturated carbocycles. The van der Waals surface area contributed by atoms with Gasteiger partial charge in [0.25, 0.3) is 0 Å². The lowest BCUT2D eigenvalue weighted by Gasteiger charge is -2.33. The number of thiazole rings is 1. The summed E-state index contributed by atoms with van der Waals surface area (Å²) in [6.45, 7) is 4.63. The van der Waals surface area contributed by atoms with Crippen LogP contribution >= 0.6 is 11.3 Å². The molecule has 180 valence electrons. The molecule has 33 heavy (non-hydrogen) atoms. The third-order valence-electron chi connectivity index (χ3n) is 7.22. The van der Waals surface area contributed by atoms with Crippen molar-refractivity contribution in [3.63, 3.8) is 0 Å². The molecule has 7 nitrogen and oxygen atoms in total. The molecule has 5 rings (SSSR count). The Morgan fingerprint density at radius 2 is 2.03 bits per heavy atom. The van der Waals surface area contributed by atoms with Gasteiger partial charge in [-0.25, -0.2) is 13.8 Å². The highest BCUT2D eigenvalue weighted by molar-refractivity contribution is 7.11. The number of aromatic nitrogens is 3. The van der Waals surface area contributed by atoms with E-state index in [4.69, 9.17) is 9.51 Å². The third-order valence-corrected chi connectivity index (χ3v) is 8.54. The molecule has 0 saturated heterocycles. The van der Waals surface area contributed by atoms with Crippen molar-refractivity contribution in [3.05, 3.63) is 27.3 Å². The van der Waals surface area contributed by atoms with Gasteiger partial charge in [-0.15, -0.1) is 11.3 Å². The van der Waals surface area contributed by atoms with E-state index in [1.54, 1.807) is 18.3 Å². The number of aryl methyl sites for hydroxylation is 1. The second-order valence-electron chi connectivity index (χ2n) is 9.89. The summed E-state index contributed by atoms with van der Waals surface area (Å²) >= 11 is 1.66. The summed E-state index contributed by atoms with van der Waals surface area (Å²) in [4.78, 5) is 24.8. The highest BCUT2D eigenvalue weighted by Gasteiger charge is 2.47. The lowest BCUT2D eigenvalue weighted by Crippen LogP contribution is -2.39. The topological polar surface area (TPSA) is 84.2 Å². The monoisotopic (exact) mass is 479 g/mol. The molecule has 2 fully saturated rings. The normalized spacial score (nSPS) is 25.4. The van der Waals surface area contributed by atoms with Crippen molar-refractivity contribution < 1.29 is 18.1 Å². The number of carbonyl (C=O) groups is 1. The van der Waals surface area contributed by atoms with Crippen LogP contribution in [0.15, 0.2) is 4.52 Å². The fraction of sp³-hybridized carbons (Fsp3) is 0.739. The van der Waals surface area contributed by atoms with Gasteiger partial charge in [0.05, 0.1) is 17.1 Å². The number of carbonyl (C=O) groups excluding carboxylic acids is 1. The van der Waals surface area contributed by atoms with Gasteiger partial charge in [0, 0.05) is 49.7 Å². The molecule has 0 spiro atoms. The molecular weight excluding hydrogens is 448 g/mol. The summed E-state index contributed by atoms with van der Waals surface area (Å²) < 4.78 is 31.3. The highest BCUT2D eigenvalue weighted by atomic mass is 32.1. The third kappa shape index (κ3) is 5.59. The minimum atomic E-state index is -2.49. The van der Waals surface area contributed by atoms with E-state index in [9.17, 15) is 13.6 Å². The van der Waals surface area contributed by atoms with Crippen LogP contribution in [0.5, 0.6) is 0 Å². The summed E-state index contributed by atoms with van der Waals surface area (Å²) in [6.07, 6.45) is 6.49. The van der Waals surface area contributed by atoms with Gasteiger partial charge in [-0.2, -0.15) is 4.98 Å². The summed E-state index contributed by atoms with van der Waals surface area (Å²) in [7, 11) is 0. The van der Waals surface area contributed by atoms with Crippen LogP contribution in [0.4, 0.5) is 8.78 Å². The Morgan fingerprint density at radius 1 is 1.24 bits per heavy atom. The van der Waals surface area contributed by atoms with E-state index in [0.717, 1.165) is 68.9 Å². The number of nitrogens with zero attached hydrogens (tertiary/aromatic N) is 4. The predicted molar refractivity (Wildman–Crippen MR) is 119 cm³/mol. The highest BCUT2D eigenvalue weighted by Crippen LogP contribution is 2.49. The number of nitrogens with one attached hydrogen (secondary N) is 1. The van der Waals surface area contributed by atoms with Gasteiger partial charge < -0.3 is 9.84 Å². The Bertz CT molecular complexity index is 977. The lowest BCUT2D eigenvalue weighted by atomic mass is 9.82. The molecule has 0 atom stereocenters. The van der Waals surface area contributed by atoms with E-state index in [1.807, 2.05) is 0 Å². The van der Waals surface area contributed by atoms with Gasteiger partial charge in [-0.1, -0.05) is 5.16 Å². The molecule has 2 aliphatic carbocycles. The maximum Gasteiger partial charge on any atom is 0.249 e. The van der Waals surface area contributed by atoms with Crippen molar-refractivity contribution in [1.29, 1.82) is 0 Å². The summed E-state index contributed by atoms with van der Waals surface area (Å²) in [6, 6.07) is 0.228. The number of hydrogen-bond donors (Lipinski definition) is 1. The molecule has 1 N–H and O–H groups in total. The van der Waals surface area contributed by atoms with Gasteiger partial charge in [0.1, 0.15) is 0 Å². The van der Waals surface area contributed by atoms with Crippen LogP contribution in [-0.2, 0) is 24.2 Å². The molecule has 1 amide bonds. The number of alkyl halides is 2. The fourth-order valence-corrected chi connectivity index (χ4v) is 6.43. The Labute approximate surface area is 196 Å². The minimum Gasteiger partial charge on any atom is -0.353 e. The van der Waals surface area contributed by atoms with Gasteiger partial charge in [0.2, 0.25) is 17.7 Å². The minimum absolute atomic E-state index is 0.0387. The van der Waals surface area contributed by atoms with Crippen molar-refractivity contribution in [2.75, 3.05) is 13.1 Å². The summed E-state index contributed by atoms with van der Waals surface area (Å²) in [5.74, 6) is -0.990. The molecule has 1 aliphatic heterocycles. The van der Waals surface area contributed by atoms with Crippen LogP contribution < -0.4 is 5.32 Å². The van der Waals surface area contributed by atoms with Gasteiger partial charge in [0.15, 0.2) is 5.82 Å². The molecule has 2 aromatic rings. The zero-order chi connectivity index (χ0) is 23.0. The van der Waals surface area contributed by atoms with Crippen LogP contribution in [0.2, 0.25) is 0 Å². The van der Waals surface area contributed by atoms with Gasteiger partial charge in [-0.05, 0) is 51.0 Å². The predicted octanol–water partition coefficient (Wildman–Crippen LogP) is 4.01. The molecule has 10 heteroatoms. The zero-order valence-corrected chi connectivity index (χ0v) is 19.8. The molecule has 0 aromatic carbocycles. The first-order chi connectivity index (χ1) is 15.8. The van der Waals surface area contributed by atoms with Crippen molar-refractivity contribution in [2.24, 2.45) is 5.92 Å². The maximum absolute atomic E-state index is 13.2. The largest absolute Gasteiger partial charge is 0.353 e. The molecular formula is C23H31F2N5O2S. The first-order valence-electron chi connectivity index (χ1n) is 12.0. The lowest BCUT2D eigenvalue weighted by molar-refractivity contribution is -0.121. The SMILES string of the molecule is Cc1nc(CC(=O)N[C@H]2CC[C@H](CCN3CCc4sc(C5CC(F)(F)C5)nc4C3)CC2)no1. The average molecular weight is 480 g/mol. The Hall–Kier alpha value is -1.94. The van der Waals surface area contributed by atoms with E-state index in [-0.39, 0.29) is 37.1 Å². The second kappa shape index (κ2) is 9.37. The van der Waals surface area contributed by atoms with E-state index in [1.165, 1.54) is 4.88 Å². The second-order valence-corrected chi connectivity index (χ2v) is 11.0. The van der Waals surface area contributed by atoms with Crippen molar-refractivity contribution in [3.8, 4) is 0 Å². The Kier molecular flexibility index (Phi) is 6.48. The summed E-state index contributed by atoms with van der Waals surface area (Å²) in [5.41, 5.74) is 1.11. The van der Waals surface area contributed by atoms with E-state index < -0.39 is 5.92 Å². The van der Waals surface area contributed by atoms with Crippen LogP contribution in [0.3, 0.4) is 0 Å². The van der Waals surface area contributed by atoms with Gasteiger partial charge in [-0.3, -0.25) is 9.69 Å². The van der Waals surface area contributed by atoms with Gasteiger partial charge >= 0.3 is 0 Å². The first-order valence-corrected chi connectivity index (χ1v) is 12.8. The summed E-state index contributed by atoms with van der Waals surface area (Å²) in [5, 5.41) is 7.81. The zero-order valence-electron chi connectivity index (χ0n) is 19.0. The maximum atomic E-state index is 13.2. The molecule has 0 unspecified atom stereocenters. The number of amides is 1. The van der Waals surface area contributed by atoms with E-state index in [0.29, 0.717) is 17.6 Å². The number of hydrogen-bond acceptors (Lipinski definition) is 7. The number of halogens is 2. The van der Waals surface area contributed by atoms with Crippen LogP contribution in [0, 0.1) is 12.8 Å². The smallest absolute Gasteiger partial charge is 0.249 e. The number of fused-ring (bicyclic) bond motifs is 1. The number of rotatable bonds is 7. The molecule has 0 radical (unpaired) electrons. The fourth-order valence-electron chi connectivity index (χ4n) is 5.27. The standard InChI is InChI=1S/C23H31F2N5O2S/c1-14-26-20(29-32-14)10-21(31)27-17-4-2-15(3-5-17)6-8-30-9-7-19-18(13-30)28-22(33-19)16-11-23(24,25)12-16/h15-17H,2-13H2,1H3,(H,27,31)/t15-,17-. The van der Waals surface area contributed by atoms with Crippen LogP contribution in [0.1, 0.15) is 78.2 Å². The quantitative estimate of drug-likeness (QED) is 0.646. The van der Waals surface area contributed by atoms with Crippen LogP contribution in [-0.4, -0.2) is 51.0 Å². The first kappa shape index (κ1) is 22.8. The average Bonchev–Trinajstić information content (AvgIpc) is 3.36. The van der Waals surface area contributed by atoms with Crippen molar-refractivity contribution in [1.82, 2.24) is 25.3 Å². The van der Waals surface area contributed by atoms with Crippen molar-refractivity contribution >= 4 is 17.2 Å². The van der Waals surface area contributed by atoms with Crippen molar-refractivity contribution in [2.45, 2.75) is 89.1 Å². The van der Waals surface area contributed by atoms with E-state index >= 15 is 0 Å². The molecule has 2 aromatic heterocycles. The van der Waals surface area contributed by atoms with E-state index in [2.05, 4.69) is 20.4 Å². The molecule has 3 aliphatic rings. The van der Waals surface area contributed by atoms with Crippen LogP contribution in [0.25, 0.3) is 0 Å².